The molecular formula is C14H16ClN3O2S. The van der Waals surface area contributed by atoms with Crippen LogP contribution in [0.15, 0.2) is 24.5 Å². The lowest BCUT2D eigenvalue weighted by Gasteiger charge is -2.37. The molecule has 2 aromatic heterocycles. The fourth-order valence-corrected chi connectivity index (χ4v) is 3.57. The molecule has 0 aromatic carbocycles. The highest BCUT2D eigenvalue weighted by molar-refractivity contribution is 7.17. The van der Waals surface area contributed by atoms with E-state index in [0.717, 1.165) is 5.56 Å². The minimum Gasteiger partial charge on any atom is -0.393 e. The number of hydrogen-bond donors (Lipinski definition) is 2. The quantitative estimate of drug-likeness (QED) is 0.907. The summed E-state index contributed by atoms with van der Waals surface area (Å²) < 4.78 is 2.31. The van der Waals surface area contributed by atoms with Crippen molar-refractivity contribution in [3.63, 3.8) is 0 Å². The van der Waals surface area contributed by atoms with Crippen LogP contribution in [0.5, 0.6) is 0 Å². The molecule has 1 atom stereocenters. The van der Waals surface area contributed by atoms with Crippen LogP contribution in [0.2, 0.25) is 4.34 Å². The zero-order valence-electron chi connectivity index (χ0n) is 11.5. The van der Waals surface area contributed by atoms with Gasteiger partial charge in [-0.1, -0.05) is 11.6 Å². The number of halogens is 1. The third-order valence-corrected chi connectivity index (χ3v) is 5.02. The lowest BCUT2D eigenvalue weighted by molar-refractivity contribution is 0.0235. The fraction of sp³-hybridized carbons (Fsp3) is 0.429. The predicted molar refractivity (Wildman–Crippen MR) is 81.5 cm³/mol. The molecule has 0 unspecified atom stereocenters. The Morgan fingerprint density at radius 1 is 1.57 bits per heavy atom. The van der Waals surface area contributed by atoms with Gasteiger partial charge in [0.05, 0.1) is 27.6 Å². The van der Waals surface area contributed by atoms with E-state index in [-0.39, 0.29) is 24.0 Å². The molecule has 2 aromatic rings. The van der Waals surface area contributed by atoms with Gasteiger partial charge in [0.25, 0.3) is 5.91 Å². The number of rotatable bonds is 4. The monoisotopic (exact) mass is 325 g/mol. The van der Waals surface area contributed by atoms with Crippen LogP contribution in [0.4, 0.5) is 0 Å². The van der Waals surface area contributed by atoms with Crippen molar-refractivity contribution in [3.8, 4) is 0 Å². The molecule has 0 radical (unpaired) electrons. The first-order chi connectivity index (χ1) is 10.0. The highest BCUT2D eigenvalue weighted by Gasteiger charge is 2.36. The Kier molecular flexibility index (Phi) is 4.01. The summed E-state index contributed by atoms with van der Waals surface area (Å²) in [6, 6.07) is 3.31. The maximum absolute atomic E-state index is 12.3. The molecule has 2 N–H and O–H groups in total. The molecule has 1 amide bonds. The third-order valence-electron chi connectivity index (χ3n) is 3.79. The average Bonchev–Trinajstić information content (AvgIpc) is 3.01. The topological polar surface area (TPSA) is 67.2 Å². The van der Waals surface area contributed by atoms with Crippen molar-refractivity contribution in [1.29, 1.82) is 0 Å². The summed E-state index contributed by atoms with van der Waals surface area (Å²) in [6.07, 6.45) is 4.80. The Morgan fingerprint density at radius 2 is 2.33 bits per heavy atom. The largest absolute Gasteiger partial charge is 0.393 e. The minimum absolute atomic E-state index is 0.129. The second kappa shape index (κ2) is 5.79. The minimum atomic E-state index is -0.262. The molecule has 0 bridgehead atoms. The highest BCUT2D eigenvalue weighted by atomic mass is 35.5. The van der Waals surface area contributed by atoms with E-state index in [0.29, 0.717) is 22.1 Å². The fourth-order valence-electron chi connectivity index (χ4n) is 2.62. The summed E-state index contributed by atoms with van der Waals surface area (Å²) in [6.45, 7) is 0. The molecule has 0 aliphatic heterocycles. The van der Waals surface area contributed by atoms with Gasteiger partial charge >= 0.3 is 0 Å². The first-order valence-electron chi connectivity index (χ1n) is 6.75. The molecule has 1 aliphatic rings. The number of carbonyl (C=O) groups excluding carboxylic acids is 1. The number of aliphatic hydroxyl groups is 1. The van der Waals surface area contributed by atoms with E-state index >= 15 is 0 Å². The summed E-state index contributed by atoms with van der Waals surface area (Å²) in [7, 11) is 1.84. The summed E-state index contributed by atoms with van der Waals surface area (Å²) in [4.78, 5) is 12.9. The Labute approximate surface area is 131 Å². The van der Waals surface area contributed by atoms with Crippen LogP contribution >= 0.6 is 22.9 Å². The van der Waals surface area contributed by atoms with Gasteiger partial charge in [0.2, 0.25) is 0 Å². The number of aromatic nitrogens is 2. The molecule has 5 nitrogen and oxygen atoms in total. The van der Waals surface area contributed by atoms with Crippen molar-refractivity contribution in [2.24, 2.45) is 13.0 Å². The second-order valence-corrected chi connectivity index (χ2v) is 7.10. The zero-order chi connectivity index (χ0) is 15.0. The Balaban J connectivity index is 1.77. The maximum Gasteiger partial charge on any atom is 0.261 e. The van der Waals surface area contributed by atoms with Gasteiger partial charge < -0.3 is 10.4 Å². The van der Waals surface area contributed by atoms with Gasteiger partial charge in [-0.2, -0.15) is 5.10 Å². The number of hydrogen-bond acceptors (Lipinski definition) is 4. The molecule has 7 heteroatoms. The number of thiophene rings is 1. The van der Waals surface area contributed by atoms with E-state index in [2.05, 4.69) is 10.4 Å². The van der Waals surface area contributed by atoms with E-state index in [1.165, 1.54) is 11.3 Å². The van der Waals surface area contributed by atoms with Crippen molar-refractivity contribution < 1.29 is 9.90 Å². The number of carbonyl (C=O) groups is 1. The molecule has 1 aliphatic carbocycles. The number of nitrogens with one attached hydrogen (secondary N) is 1. The lowest BCUT2D eigenvalue weighted by atomic mass is 9.75. The summed E-state index contributed by atoms with van der Waals surface area (Å²) >= 11 is 7.13. The van der Waals surface area contributed by atoms with E-state index in [4.69, 9.17) is 11.6 Å². The van der Waals surface area contributed by atoms with Crippen molar-refractivity contribution in [3.05, 3.63) is 39.3 Å². The SMILES string of the molecule is Cn1cc([C@H](NC(=O)c2ccc(Cl)s2)C2CC(O)C2)cn1. The molecular weight excluding hydrogens is 310 g/mol. The van der Waals surface area contributed by atoms with Crippen molar-refractivity contribution in [2.45, 2.75) is 25.0 Å². The first kappa shape index (κ1) is 14.6. The summed E-state index contributed by atoms with van der Waals surface area (Å²) in [5.74, 6) is 0.103. The van der Waals surface area contributed by atoms with Crippen LogP contribution in [0.1, 0.15) is 34.1 Å². The maximum atomic E-state index is 12.3. The molecule has 3 rings (SSSR count). The van der Waals surface area contributed by atoms with Gasteiger partial charge in [0, 0.05) is 18.8 Å². The molecule has 1 fully saturated rings. The Morgan fingerprint density at radius 3 is 2.86 bits per heavy atom. The van der Waals surface area contributed by atoms with Gasteiger partial charge in [0.15, 0.2) is 0 Å². The Bertz CT molecular complexity index is 648. The van der Waals surface area contributed by atoms with Gasteiger partial charge in [-0.15, -0.1) is 11.3 Å². The molecule has 0 saturated heterocycles. The van der Waals surface area contributed by atoms with Crippen LogP contribution in [-0.4, -0.2) is 26.9 Å². The standard InChI is InChI=1S/C14H16ClN3O2S/c1-18-7-9(6-16-18)13(8-4-10(19)5-8)17-14(20)11-2-3-12(15)21-11/h2-3,6-8,10,13,19H,4-5H2,1H3,(H,17,20)/t8?,10?,13-/m1/s1. The van der Waals surface area contributed by atoms with Crippen molar-refractivity contribution in [1.82, 2.24) is 15.1 Å². The molecule has 112 valence electrons. The second-order valence-electron chi connectivity index (χ2n) is 5.39. The lowest BCUT2D eigenvalue weighted by Crippen LogP contribution is -2.41. The van der Waals surface area contributed by atoms with Crippen molar-refractivity contribution >= 4 is 28.8 Å². The number of nitrogens with zero attached hydrogens (tertiary/aromatic N) is 2. The van der Waals surface area contributed by atoms with Gasteiger partial charge in [-0.25, -0.2) is 0 Å². The normalized spacial score (nSPS) is 22.6. The predicted octanol–water partition coefficient (Wildman–Crippen LogP) is 2.38. The molecule has 1 saturated carbocycles. The van der Waals surface area contributed by atoms with E-state index in [1.54, 1.807) is 23.0 Å². The summed E-state index contributed by atoms with van der Waals surface area (Å²) in [5, 5.41) is 16.7. The van der Waals surface area contributed by atoms with Crippen LogP contribution in [0.3, 0.4) is 0 Å². The van der Waals surface area contributed by atoms with Gasteiger partial charge in [0.1, 0.15) is 0 Å². The van der Waals surface area contributed by atoms with E-state index < -0.39 is 0 Å². The highest BCUT2D eigenvalue weighted by Crippen LogP contribution is 2.38. The average molecular weight is 326 g/mol. The van der Waals surface area contributed by atoms with Crippen LogP contribution < -0.4 is 5.32 Å². The van der Waals surface area contributed by atoms with Crippen molar-refractivity contribution in [2.75, 3.05) is 0 Å². The Hall–Kier alpha value is -1.37. The zero-order valence-corrected chi connectivity index (χ0v) is 13.1. The number of aryl methyl sites for hydroxylation is 1. The smallest absolute Gasteiger partial charge is 0.261 e. The third kappa shape index (κ3) is 3.12. The van der Waals surface area contributed by atoms with Gasteiger partial charge in [-0.3, -0.25) is 9.48 Å². The number of aliphatic hydroxyl groups excluding tert-OH is 1. The molecule has 2 heterocycles. The van der Waals surface area contributed by atoms with E-state index in [9.17, 15) is 9.90 Å². The van der Waals surface area contributed by atoms with E-state index in [1.807, 2.05) is 13.2 Å². The number of amides is 1. The van der Waals surface area contributed by atoms with Gasteiger partial charge in [-0.05, 0) is 30.9 Å². The van der Waals surface area contributed by atoms with Crippen LogP contribution in [-0.2, 0) is 7.05 Å². The molecule has 21 heavy (non-hydrogen) atoms. The summed E-state index contributed by atoms with van der Waals surface area (Å²) in [5.41, 5.74) is 0.963. The first-order valence-corrected chi connectivity index (χ1v) is 7.95. The molecule has 0 spiro atoms. The van der Waals surface area contributed by atoms with Crippen LogP contribution in [0.25, 0.3) is 0 Å². The van der Waals surface area contributed by atoms with Crippen LogP contribution in [0, 0.1) is 5.92 Å².